The quantitative estimate of drug-likeness (QED) is 0.831. The molecule has 2 N–H and O–H groups in total. The molecule has 0 aromatic heterocycles. The predicted octanol–water partition coefficient (Wildman–Crippen LogP) is 1.67. The van der Waals surface area contributed by atoms with Crippen molar-refractivity contribution >= 4 is 5.91 Å². The van der Waals surface area contributed by atoms with Gasteiger partial charge in [-0.25, -0.2) is 0 Å². The summed E-state index contributed by atoms with van der Waals surface area (Å²) in [5.41, 5.74) is 0.339. The molecule has 1 heterocycles. The Morgan fingerprint density at radius 1 is 1.45 bits per heavy atom. The summed E-state index contributed by atoms with van der Waals surface area (Å²) in [5.74, 6) is -0.00606. The number of ether oxygens (including phenoxy) is 1. The van der Waals surface area contributed by atoms with E-state index in [9.17, 15) is 9.90 Å². The molecule has 1 aromatic rings. The summed E-state index contributed by atoms with van der Waals surface area (Å²) < 4.78 is 5.34. The van der Waals surface area contributed by atoms with Crippen LogP contribution in [0.25, 0.3) is 0 Å². The van der Waals surface area contributed by atoms with Crippen LogP contribution in [0, 0.1) is 0 Å². The first kappa shape index (κ1) is 15.0. The van der Waals surface area contributed by atoms with E-state index in [1.165, 1.54) is 5.56 Å². The molecule has 1 aliphatic rings. The smallest absolute Gasteiger partial charge is 0.220 e. The van der Waals surface area contributed by atoms with Gasteiger partial charge in [-0.15, -0.1) is 0 Å². The molecule has 1 saturated heterocycles. The molecule has 2 rings (SSSR count). The third kappa shape index (κ3) is 4.05. The first-order valence-corrected chi connectivity index (χ1v) is 7.25. The number of aliphatic hydroxyl groups is 1. The molecule has 110 valence electrons. The van der Waals surface area contributed by atoms with Crippen molar-refractivity contribution in [3.63, 3.8) is 0 Å². The SMILES string of the molecule is C[C@@H]1OCC[C@]1(O)CNC(=O)CCCc1ccccc1. The van der Waals surface area contributed by atoms with E-state index in [1.807, 2.05) is 25.1 Å². The number of carbonyl (C=O) groups is 1. The fourth-order valence-electron chi connectivity index (χ4n) is 2.44. The molecule has 1 aromatic carbocycles. The maximum absolute atomic E-state index is 11.8. The number of hydrogen-bond acceptors (Lipinski definition) is 3. The number of amides is 1. The first-order chi connectivity index (χ1) is 9.60. The minimum atomic E-state index is -0.908. The van der Waals surface area contributed by atoms with Crippen LogP contribution in [0.5, 0.6) is 0 Å². The van der Waals surface area contributed by atoms with Gasteiger partial charge >= 0.3 is 0 Å². The van der Waals surface area contributed by atoms with Crippen molar-refractivity contribution in [3.05, 3.63) is 35.9 Å². The van der Waals surface area contributed by atoms with Gasteiger partial charge < -0.3 is 15.2 Å². The highest BCUT2D eigenvalue weighted by Crippen LogP contribution is 2.24. The maximum Gasteiger partial charge on any atom is 0.220 e. The molecular formula is C16H23NO3. The lowest BCUT2D eigenvalue weighted by Crippen LogP contribution is -2.47. The molecule has 0 radical (unpaired) electrons. The van der Waals surface area contributed by atoms with Crippen LogP contribution >= 0.6 is 0 Å². The summed E-state index contributed by atoms with van der Waals surface area (Å²) in [5, 5.41) is 13.1. The zero-order chi connectivity index (χ0) is 14.4. The molecule has 0 aliphatic carbocycles. The van der Waals surface area contributed by atoms with Gasteiger partial charge in [-0.2, -0.15) is 0 Å². The second-order valence-corrected chi connectivity index (χ2v) is 5.48. The highest BCUT2D eigenvalue weighted by atomic mass is 16.5. The van der Waals surface area contributed by atoms with E-state index in [-0.39, 0.29) is 18.6 Å². The molecule has 0 spiro atoms. The fraction of sp³-hybridized carbons (Fsp3) is 0.562. The van der Waals surface area contributed by atoms with Crippen molar-refractivity contribution in [1.82, 2.24) is 5.32 Å². The minimum absolute atomic E-state index is 0.00606. The monoisotopic (exact) mass is 277 g/mol. The largest absolute Gasteiger partial charge is 0.385 e. The van der Waals surface area contributed by atoms with Crippen LogP contribution in [0.3, 0.4) is 0 Å². The van der Waals surface area contributed by atoms with E-state index in [0.717, 1.165) is 12.8 Å². The average Bonchev–Trinajstić information content (AvgIpc) is 2.78. The molecule has 1 fully saturated rings. The van der Waals surface area contributed by atoms with Crippen molar-refractivity contribution in [2.75, 3.05) is 13.2 Å². The highest BCUT2D eigenvalue weighted by molar-refractivity contribution is 5.75. The standard InChI is InChI=1S/C16H23NO3/c1-13-16(19,10-11-20-13)12-17-15(18)9-5-8-14-6-3-2-4-7-14/h2-4,6-7,13,19H,5,8-12H2,1H3,(H,17,18)/t13-,16-/m0/s1. The van der Waals surface area contributed by atoms with Crippen LogP contribution in [0.2, 0.25) is 0 Å². The predicted molar refractivity (Wildman–Crippen MR) is 77.4 cm³/mol. The molecule has 20 heavy (non-hydrogen) atoms. The number of hydrogen-bond donors (Lipinski definition) is 2. The van der Waals surface area contributed by atoms with Crippen LogP contribution < -0.4 is 5.32 Å². The Kier molecular flexibility index (Phi) is 5.15. The molecule has 0 bridgehead atoms. The lowest BCUT2D eigenvalue weighted by molar-refractivity contribution is -0.123. The van der Waals surface area contributed by atoms with E-state index >= 15 is 0 Å². The third-order valence-electron chi connectivity index (χ3n) is 3.96. The Morgan fingerprint density at radius 3 is 2.85 bits per heavy atom. The Bertz CT molecular complexity index is 435. The van der Waals surface area contributed by atoms with Gasteiger partial charge in [0.15, 0.2) is 0 Å². The van der Waals surface area contributed by atoms with Gasteiger partial charge in [0.25, 0.3) is 0 Å². The van der Waals surface area contributed by atoms with Gasteiger partial charge in [-0.1, -0.05) is 30.3 Å². The number of nitrogens with one attached hydrogen (secondary N) is 1. The van der Waals surface area contributed by atoms with Gasteiger partial charge in [0.2, 0.25) is 5.91 Å². The molecule has 0 unspecified atom stereocenters. The van der Waals surface area contributed by atoms with Crippen LogP contribution in [0.15, 0.2) is 30.3 Å². The van der Waals surface area contributed by atoms with Crippen molar-refractivity contribution < 1.29 is 14.6 Å². The second kappa shape index (κ2) is 6.86. The van der Waals surface area contributed by atoms with Crippen LogP contribution in [0.1, 0.15) is 31.7 Å². The molecule has 4 heteroatoms. The van der Waals surface area contributed by atoms with Gasteiger partial charge in [0, 0.05) is 26.0 Å². The normalized spacial score (nSPS) is 25.6. The van der Waals surface area contributed by atoms with Crippen LogP contribution in [-0.4, -0.2) is 35.9 Å². The number of rotatable bonds is 6. The van der Waals surface area contributed by atoms with Crippen LogP contribution in [-0.2, 0) is 16.0 Å². The van der Waals surface area contributed by atoms with Gasteiger partial charge in [0.1, 0.15) is 5.60 Å². The lowest BCUT2D eigenvalue weighted by atomic mass is 9.96. The molecule has 2 atom stereocenters. The number of benzene rings is 1. The number of aryl methyl sites for hydroxylation is 1. The van der Waals surface area contributed by atoms with Crippen molar-refractivity contribution in [2.45, 2.75) is 44.3 Å². The van der Waals surface area contributed by atoms with E-state index in [4.69, 9.17) is 4.74 Å². The average molecular weight is 277 g/mol. The zero-order valence-electron chi connectivity index (χ0n) is 12.0. The summed E-state index contributed by atoms with van der Waals surface area (Å²) in [4.78, 5) is 11.8. The zero-order valence-corrected chi connectivity index (χ0v) is 12.0. The molecule has 1 amide bonds. The van der Waals surface area contributed by atoms with Gasteiger partial charge in [0.05, 0.1) is 6.10 Å². The van der Waals surface area contributed by atoms with E-state index in [2.05, 4.69) is 17.4 Å². The van der Waals surface area contributed by atoms with Gasteiger partial charge in [-0.3, -0.25) is 4.79 Å². The summed E-state index contributed by atoms with van der Waals surface area (Å²) >= 11 is 0. The Labute approximate surface area is 120 Å². The van der Waals surface area contributed by atoms with E-state index < -0.39 is 5.60 Å². The van der Waals surface area contributed by atoms with Gasteiger partial charge in [-0.05, 0) is 25.3 Å². The van der Waals surface area contributed by atoms with Crippen molar-refractivity contribution in [3.8, 4) is 0 Å². The Morgan fingerprint density at radius 2 is 2.20 bits per heavy atom. The van der Waals surface area contributed by atoms with Crippen molar-refractivity contribution in [2.24, 2.45) is 0 Å². The Balaban J connectivity index is 1.66. The molecule has 0 saturated carbocycles. The molecule has 1 aliphatic heterocycles. The maximum atomic E-state index is 11.8. The fourth-order valence-corrected chi connectivity index (χ4v) is 2.44. The Hall–Kier alpha value is -1.39. The minimum Gasteiger partial charge on any atom is -0.385 e. The summed E-state index contributed by atoms with van der Waals surface area (Å²) in [7, 11) is 0. The summed E-state index contributed by atoms with van der Waals surface area (Å²) in [6.45, 7) is 2.68. The second-order valence-electron chi connectivity index (χ2n) is 5.48. The number of carbonyl (C=O) groups excluding carboxylic acids is 1. The third-order valence-corrected chi connectivity index (χ3v) is 3.96. The molecular weight excluding hydrogens is 254 g/mol. The first-order valence-electron chi connectivity index (χ1n) is 7.25. The van der Waals surface area contributed by atoms with Crippen LogP contribution in [0.4, 0.5) is 0 Å². The topological polar surface area (TPSA) is 58.6 Å². The highest BCUT2D eigenvalue weighted by Gasteiger charge is 2.39. The van der Waals surface area contributed by atoms with E-state index in [1.54, 1.807) is 0 Å². The van der Waals surface area contributed by atoms with Crippen molar-refractivity contribution in [1.29, 1.82) is 0 Å². The molecule has 4 nitrogen and oxygen atoms in total. The van der Waals surface area contributed by atoms with E-state index in [0.29, 0.717) is 19.4 Å². The summed E-state index contributed by atoms with van der Waals surface area (Å²) in [6, 6.07) is 10.1. The lowest BCUT2D eigenvalue weighted by Gasteiger charge is -2.26. The summed E-state index contributed by atoms with van der Waals surface area (Å²) in [6.07, 6.45) is 2.57.